The van der Waals surface area contributed by atoms with Crippen LogP contribution >= 0.6 is 0 Å². The molecule has 1 amide bonds. The number of rotatable bonds is 4. The number of carbonyl (C=O) groups is 1. The number of ether oxygens (including phenoxy) is 3. The Kier molecular flexibility index (Phi) is 4.16. The lowest BCUT2D eigenvalue weighted by atomic mass is 10.1. The first-order chi connectivity index (χ1) is 12.7. The molecule has 0 spiro atoms. The Morgan fingerprint density at radius 2 is 1.92 bits per heavy atom. The lowest BCUT2D eigenvalue weighted by molar-refractivity contribution is 0.0924. The van der Waals surface area contributed by atoms with Crippen molar-refractivity contribution in [1.82, 2.24) is 5.32 Å². The van der Waals surface area contributed by atoms with E-state index < -0.39 is 0 Å². The molecule has 1 aliphatic rings. The summed E-state index contributed by atoms with van der Waals surface area (Å²) in [6, 6.07) is 11.1. The van der Waals surface area contributed by atoms with Gasteiger partial charge in [0.2, 0.25) is 0 Å². The van der Waals surface area contributed by atoms with Crippen LogP contribution in [-0.2, 0) is 6.54 Å². The highest BCUT2D eigenvalue weighted by molar-refractivity contribution is 5.99. The van der Waals surface area contributed by atoms with Gasteiger partial charge in [-0.25, -0.2) is 0 Å². The van der Waals surface area contributed by atoms with E-state index in [0.717, 1.165) is 28.0 Å². The standard InChI is InChI=1S/C20H19NO5/c1-12-15-10-14(23-2)4-6-16(15)26-19(12)20(22)21-11-13-3-5-17-18(9-13)25-8-7-24-17/h3-6,9-10H,7-8,11H2,1-2H3,(H,21,22). The second-order valence-corrected chi connectivity index (χ2v) is 6.08. The van der Waals surface area contributed by atoms with Gasteiger partial charge >= 0.3 is 0 Å². The number of hydrogen-bond acceptors (Lipinski definition) is 5. The van der Waals surface area contributed by atoms with Gasteiger partial charge in [0, 0.05) is 17.5 Å². The molecule has 0 radical (unpaired) electrons. The van der Waals surface area contributed by atoms with E-state index >= 15 is 0 Å². The van der Waals surface area contributed by atoms with E-state index in [1.54, 1.807) is 13.2 Å². The highest BCUT2D eigenvalue weighted by atomic mass is 16.6. The van der Waals surface area contributed by atoms with Gasteiger partial charge in [-0.2, -0.15) is 0 Å². The van der Waals surface area contributed by atoms with E-state index in [9.17, 15) is 4.79 Å². The Labute approximate surface area is 150 Å². The molecule has 6 heteroatoms. The molecule has 0 fully saturated rings. The van der Waals surface area contributed by atoms with Crippen LogP contribution < -0.4 is 19.5 Å². The van der Waals surface area contributed by atoms with Gasteiger partial charge in [-0.3, -0.25) is 4.79 Å². The molecule has 2 heterocycles. The van der Waals surface area contributed by atoms with Crippen molar-refractivity contribution in [3.8, 4) is 17.2 Å². The van der Waals surface area contributed by atoms with Gasteiger partial charge in [-0.15, -0.1) is 0 Å². The Morgan fingerprint density at radius 3 is 2.73 bits per heavy atom. The zero-order valence-electron chi connectivity index (χ0n) is 14.6. The average Bonchev–Trinajstić information content (AvgIpc) is 3.02. The molecule has 0 bridgehead atoms. The summed E-state index contributed by atoms with van der Waals surface area (Å²) in [7, 11) is 1.61. The van der Waals surface area contributed by atoms with Gasteiger partial charge in [0.1, 0.15) is 24.5 Å². The van der Waals surface area contributed by atoms with Gasteiger partial charge in [-0.1, -0.05) is 6.07 Å². The number of fused-ring (bicyclic) bond motifs is 2. The molecule has 1 aliphatic heterocycles. The third-order valence-corrected chi connectivity index (χ3v) is 4.41. The summed E-state index contributed by atoms with van der Waals surface area (Å²) in [4.78, 5) is 12.6. The zero-order chi connectivity index (χ0) is 18.1. The van der Waals surface area contributed by atoms with Gasteiger partial charge in [0.15, 0.2) is 17.3 Å². The summed E-state index contributed by atoms with van der Waals surface area (Å²) < 4.78 is 22.0. The lowest BCUT2D eigenvalue weighted by Crippen LogP contribution is -2.23. The average molecular weight is 353 g/mol. The highest BCUT2D eigenvalue weighted by Gasteiger charge is 2.18. The molecular formula is C20H19NO5. The summed E-state index contributed by atoms with van der Waals surface area (Å²) in [5, 5.41) is 3.76. The zero-order valence-corrected chi connectivity index (χ0v) is 14.6. The van der Waals surface area contributed by atoms with E-state index in [2.05, 4.69) is 5.32 Å². The van der Waals surface area contributed by atoms with Crippen LogP contribution in [0.3, 0.4) is 0 Å². The minimum Gasteiger partial charge on any atom is -0.497 e. The van der Waals surface area contributed by atoms with Crippen LogP contribution in [0.25, 0.3) is 11.0 Å². The molecule has 0 aliphatic carbocycles. The Bertz CT molecular complexity index is 976. The fourth-order valence-corrected chi connectivity index (χ4v) is 3.00. The minimum atomic E-state index is -0.257. The normalized spacial score (nSPS) is 12.8. The first kappa shape index (κ1) is 16.3. The quantitative estimate of drug-likeness (QED) is 0.778. The molecule has 1 aromatic heterocycles. The van der Waals surface area contributed by atoms with Crippen molar-refractivity contribution in [2.75, 3.05) is 20.3 Å². The molecule has 0 atom stereocenters. The Balaban J connectivity index is 1.51. The number of amides is 1. The van der Waals surface area contributed by atoms with Crippen LogP contribution in [0.1, 0.15) is 21.7 Å². The van der Waals surface area contributed by atoms with Crippen molar-refractivity contribution in [1.29, 1.82) is 0 Å². The fourth-order valence-electron chi connectivity index (χ4n) is 3.00. The second-order valence-electron chi connectivity index (χ2n) is 6.08. The molecule has 26 heavy (non-hydrogen) atoms. The summed E-state index contributed by atoms with van der Waals surface area (Å²) in [6.45, 7) is 3.32. The summed E-state index contributed by atoms with van der Waals surface area (Å²) in [5.74, 6) is 2.21. The molecule has 1 N–H and O–H groups in total. The number of carbonyl (C=O) groups excluding carboxylic acids is 1. The van der Waals surface area contributed by atoms with Crippen molar-refractivity contribution >= 4 is 16.9 Å². The van der Waals surface area contributed by atoms with Crippen LogP contribution in [-0.4, -0.2) is 26.2 Å². The van der Waals surface area contributed by atoms with Crippen LogP contribution in [0.2, 0.25) is 0 Å². The highest BCUT2D eigenvalue weighted by Crippen LogP contribution is 2.31. The van der Waals surface area contributed by atoms with Gasteiger partial charge < -0.3 is 23.9 Å². The molecule has 6 nitrogen and oxygen atoms in total. The largest absolute Gasteiger partial charge is 0.497 e. The van der Waals surface area contributed by atoms with Gasteiger partial charge in [-0.05, 0) is 42.8 Å². The first-order valence-electron chi connectivity index (χ1n) is 8.39. The summed E-state index contributed by atoms with van der Waals surface area (Å²) >= 11 is 0. The summed E-state index contributed by atoms with van der Waals surface area (Å²) in [5.41, 5.74) is 2.38. The van der Waals surface area contributed by atoms with Crippen LogP contribution in [0.5, 0.6) is 17.2 Å². The van der Waals surface area contributed by atoms with Crippen molar-refractivity contribution in [2.24, 2.45) is 0 Å². The van der Waals surface area contributed by atoms with Crippen LogP contribution in [0.15, 0.2) is 40.8 Å². The van der Waals surface area contributed by atoms with Crippen molar-refractivity contribution in [3.05, 3.63) is 53.3 Å². The number of hydrogen-bond donors (Lipinski definition) is 1. The maximum atomic E-state index is 12.6. The number of aryl methyl sites for hydroxylation is 1. The topological polar surface area (TPSA) is 69.9 Å². The SMILES string of the molecule is COc1ccc2oc(C(=O)NCc3ccc4c(c3)OCCO4)c(C)c2c1. The predicted octanol–water partition coefficient (Wildman–Crippen LogP) is 3.45. The number of furan rings is 1. The summed E-state index contributed by atoms with van der Waals surface area (Å²) in [6.07, 6.45) is 0. The molecule has 0 saturated heterocycles. The van der Waals surface area contributed by atoms with Crippen molar-refractivity contribution in [3.63, 3.8) is 0 Å². The van der Waals surface area contributed by atoms with Gasteiger partial charge in [0.05, 0.1) is 7.11 Å². The molecule has 0 saturated carbocycles. The molecule has 134 valence electrons. The molecule has 2 aromatic carbocycles. The maximum absolute atomic E-state index is 12.6. The van der Waals surface area contributed by atoms with Gasteiger partial charge in [0.25, 0.3) is 5.91 Å². The van der Waals surface area contributed by atoms with E-state index in [1.165, 1.54) is 0 Å². The third-order valence-electron chi connectivity index (χ3n) is 4.41. The number of nitrogens with one attached hydrogen (secondary N) is 1. The fraction of sp³-hybridized carbons (Fsp3) is 0.250. The first-order valence-corrected chi connectivity index (χ1v) is 8.39. The van der Waals surface area contributed by atoms with E-state index in [1.807, 2.05) is 37.3 Å². The maximum Gasteiger partial charge on any atom is 0.287 e. The Hall–Kier alpha value is -3.15. The molecular weight excluding hydrogens is 334 g/mol. The lowest BCUT2D eigenvalue weighted by Gasteiger charge is -2.18. The molecule has 4 rings (SSSR count). The van der Waals surface area contributed by atoms with Crippen LogP contribution in [0.4, 0.5) is 0 Å². The number of methoxy groups -OCH3 is 1. The van der Waals surface area contributed by atoms with Crippen LogP contribution in [0, 0.1) is 6.92 Å². The van der Waals surface area contributed by atoms with Crippen molar-refractivity contribution in [2.45, 2.75) is 13.5 Å². The number of benzene rings is 2. The third kappa shape index (κ3) is 2.94. The predicted molar refractivity (Wildman–Crippen MR) is 96.1 cm³/mol. The smallest absolute Gasteiger partial charge is 0.287 e. The monoisotopic (exact) mass is 353 g/mol. The van der Waals surface area contributed by atoms with Crippen molar-refractivity contribution < 1.29 is 23.4 Å². The minimum absolute atomic E-state index is 0.257. The molecule has 0 unspecified atom stereocenters. The Morgan fingerprint density at radius 1 is 1.12 bits per heavy atom. The van der Waals surface area contributed by atoms with E-state index in [0.29, 0.717) is 36.9 Å². The second kappa shape index (κ2) is 6.63. The molecule has 3 aromatic rings. The van der Waals surface area contributed by atoms with E-state index in [4.69, 9.17) is 18.6 Å². The van der Waals surface area contributed by atoms with E-state index in [-0.39, 0.29) is 5.91 Å².